The fourth-order valence-electron chi connectivity index (χ4n) is 1.19. The summed E-state index contributed by atoms with van der Waals surface area (Å²) in [5.74, 6) is 0. The van der Waals surface area contributed by atoms with Crippen molar-refractivity contribution in [2.24, 2.45) is 5.73 Å². The Balaban J connectivity index is 3.55. The largest absolute Gasteiger partial charge is 0.330 e. The van der Waals surface area contributed by atoms with Crippen molar-refractivity contribution < 1.29 is 0 Å². The van der Waals surface area contributed by atoms with Crippen LogP contribution in [0.15, 0.2) is 12.7 Å². The van der Waals surface area contributed by atoms with E-state index in [0.29, 0.717) is 6.04 Å². The topological polar surface area (TPSA) is 29.3 Å². The van der Waals surface area contributed by atoms with Crippen LogP contribution in [0.1, 0.15) is 26.7 Å². The van der Waals surface area contributed by atoms with E-state index in [4.69, 9.17) is 5.73 Å². The van der Waals surface area contributed by atoms with E-state index in [9.17, 15) is 0 Å². The standard InChI is InChI=1S/C10H22N2/c1-4-8-12(10(2)3)9-6-5-7-11/h4,10H,1,5-9,11H2,2-3H3. The minimum atomic E-state index is 0.612. The molecule has 0 aromatic heterocycles. The van der Waals surface area contributed by atoms with Gasteiger partial charge in [0.2, 0.25) is 0 Å². The Morgan fingerprint density at radius 2 is 2.08 bits per heavy atom. The lowest BCUT2D eigenvalue weighted by Gasteiger charge is -2.24. The van der Waals surface area contributed by atoms with Crippen LogP contribution in [0.5, 0.6) is 0 Å². The summed E-state index contributed by atoms with van der Waals surface area (Å²) >= 11 is 0. The minimum absolute atomic E-state index is 0.612. The third-order valence-corrected chi connectivity index (χ3v) is 1.99. The average Bonchev–Trinajstić information content (AvgIpc) is 2.03. The van der Waals surface area contributed by atoms with E-state index in [2.05, 4.69) is 25.3 Å². The van der Waals surface area contributed by atoms with Gasteiger partial charge in [-0.25, -0.2) is 0 Å². The van der Waals surface area contributed by atoms with Crippen LogP contribution in [0, 0.1) is 0 Å². The highest BCUT2D eigenvalue weighted by Gasteiger charge is 2.05. The molecule has 2 heteroatoms. The Labute approximate surface area is 76.4 Å². The van der Waals surface area contributed by atoms with Gasteiger partial charge < -0.3 is 5.73 Å². The maximum absolute atomic E-state index is 5.43. The van der Waals surface area contributed by atoms with Crippen molar-refractivity contribution in [3.05, 3.63) is 12.7 Å². The maximum atomic E-state index is 5.43. The number of hydrogen-bond donors (Lipinski definition) is 1. The van der Waals surface area contributed by atoms with Gasteiger partial charge in [-0.15, -0.1) is 6.58 Å². The molecule has 0 aliphatic carbocycles. The highest BCUT2D eigenvalue weighted by atomic mass is 15.1. The van der Waals surface area contributed by atoms with Gasteiger partial charge in [0, 0.05) is 12.6 Å². The van der Waals surface area contributed by atoms with E-state index >= 15 is 0 Å². The van der Waals surface area contributed by atoms with Gasteiger partial charge in [0.25, 0.3) is 0 Å². The van der Waals surface area contributed by atoms with Gasteiger partial charge >= 0.3 is 0 Å². The van der Waals surface area contributed by atoms with Crippen molar-refractivity contribution in [1.29, 1.82) is 0 Å². The molecule has 0 heterocycles. The lowest BCUT2D eigenvalue weighted by Crippen LogP contribution is -2.32. The molecule has 0 bridgehead atoms. The molecule has 0 atom stereocenters. The zero-order valence-corrected chi connectivity index (χ0v) is 8.42. The van der Waals surface area contributed by atoms with Crippen LogP contribution in [-0.2, 0) is 0 Å². The molecule has 0 aromatic rings. The van der Waals surface area contributed by atoms with Crippen molar-refractivity contribution in [3.63, 3.8) is 0 Å². The number of nitrogens with zero attached hydrogens (tertiary/aromatic N) is 1. The third-order valence-electron chi connectivity index (χ3n) is 1.99. The van der Waals surface area contributed by atoms with Crippen LogP contribution in [0.2, 0.25) is 0 Å². The second-order valence-corrected chi connectivity index (χ2v) is 3.37. The molecule has 0 aliphatic heterocycles. The first-order valence-corrected chi connectivity index (χ1v) is 4.77. The van der Waals surface area contributed by atoms with Crippen molar-refractivity contribution in [2.75, 3.05) is 19.6 Å². The zero-order chi connectivity index (χ0) is 9.40. The second kappa shape index (κ2) is 7.32. The molecule has 2 nitrogen and oxygen atoms in total. The normalized spacial score (nSPS) is 11.1. The Hall–Kier alpha value is -0.340. The monoisotopic (exact) mass is 170 g/mol. The van der Waals surface area contributed by atoms with E-state index in [1.54, 1.807) is 0 Å². The molecule has 0 amide bonds. The fourth-order valence-corrected chi connectivity index (χ4v) is 1.19. The molecule has 12 heavy (non-hydrogen) atoms. The first kappa shape index (κ1) is 11.7. The number of hydrogen-bond acceptors (Lipinski definition) is 2. The molecule has 0 radical (unpaired) electrons. The highest BCUT2D eigenvalue weighted by molar-refractivity contribution is 4.75. The van der Waals surface area contributed by atoms with Crippen LogP contribution >= 0.6 is 0 Å². The maximum Gasteiger partial charge on any atom is 0.0163 e. The van der Waals surface area contributed by atoms with E-state index < -0.39 is 0 Å². The van der Waals surface area contributed by atoms with Crippen molar-refractivity contribution in [1.82, 2.24) is 4.90 Å². The lowest BCUT2D eigenvalue weighted by molar-refractivity contribution is 0.242. The summed E-state index contributed by atoms with van der Waals surface area (Å²) in [6.45, 7) is 11.1. The summed E-state index contributed by atoms with van der Waals surface area (Å²) in [7, 11) is 0. The molecule has 0 aliphatic rings. The van der Waals surface area contributed by atoms with Gasteiger partial charge in [-0.1, -0.05) is 6.08 Å². The Morgan fingerprint density at radius 1 is 1.42 bits per heavy atom. The average molecular weight is 170 g/mol. The smallest absolute Gasteiger partial charge is 0.0163 e. The molecular formula is C10H22N2. The van der Waals surface area contributed by atoms with E-state index in [1.807, 2.05) is 6.08 Å². The lowest BCUT2D eigenvalue weighted by atomic mass is 10.2. The third kappa shape index (κ3) is 5.33. The number of rotatable bonds is 7. The van der Waals surface area contributed by atoms with Gasteiger partial charge in [-0.3, -0.25) is 4.90 Å². The number of nitrogens with two attached hydrogens (primary N) is 1. The van der Waals surface area contributed by atoms with Crippen LogP contribution in [0.3, 0.4) is 0 Å². The van der Waals surface area contributed by atoms with Gasteiger partial charge in [0.1, 0.15) is 0 Å². The first-order valence-electron chi connectivity index (χ1n) is 4.77. The molecule has 2 N–H and O–H groups in total. The Bertz CT molecular complexity index is 110. The van der Waals surface area contributed by atoms with Gasteiger partial charge in [-0.05, 0) is 39.8 Å². The van der Waals surface area contributed by atoms with Gasteiger partial charge in [0.15, 0.2) is 0 Å². The summed E-state index contributed by atoms with van der Waals surface area (Å²) in [5, 5.41) is 0. The summed E-state index contributed by atoms with van der Waals surface area (Å²) < 4.78 is 0. The van der Waals surface area contributed by atoms with Gasteiger partial charge in [-0.2, -0.15) is 0 Å². The number of unbranched alkanes of at least 4 members (excludes halogenated alkanes) is 1. The molecule has 0 aromatic carbocycles. The van der Waals surface area contributed by atoms with Crippen molar-refractivity contribution in [2.45, 2.75) is 32.7 Å². The summed E-state index contributed by atoms with van der Waals surface area (Å²) in [4.78, 5) is 2.41. The molecule has 0 saturated carbocycles. The van der Waals surface area contributed by atoms with Crippen molar-refractivity contribution in [3.8, 4) is 0 Å². The highest BCUT2D eigenvalue weighted by Crippen LogP contribution is 2.00. The summed E-state index contributed by atoms with van der Waals surface area (Å²) in [5.41, 5.74) is 5.43. The minimum Gasteiger partial charge on any atom is -0.330 e. The molecule has 0 spiro atoms. The SMILES string of the molecule is C=CCN(CCCCN)C(C)C. The molecule has 0 fully saturated rings. The predicted octanol–water partition coefficient (Wildman–Crippen LogP) is 1.62. The van der Waals surface area contributed by atoms with Crippen LogP contribution < -0.4 is 5.73 Å². The van der Waals surface area contributed by atoms with E-state index in [0.717, 1.165) is 26.1 Å². The predicted molar refractivity (Wildman–Crippen MR) is 55.2 cm³/mol. The Morgan fingerprint density at radius 3 is 2.50 bits per heavy atom. The fraction of sp³-hybridized carbons (Fsp3) is 0.800. The second-order valence-electron chi connectivity index (χ2n) is 3.37. The molecule has 72 valence electrons. The van der Waals surface area contributed by atoms with E-state index in [1.165, 1.54) is 6.42 Å². The summed E-state index contributed by atoms with van der Waals surface area (Å²) in [6, 6.07) is 0.612. The van der Waals surface area contributed by atoms with Crippen LogP contribution in [-0.4, -0.2) is 30.6 Å². The molecule has 0 unspecified atom stereocenters. The molecule has 0 rings (SSSR count). The van der Waals surface area contributed by atoms with E-state index in [-0.39, 0.29) is 0 Å². The van der Waals surface area contributed by atoms with Crippen molar-refractivity contribution >= 4 is 0 Å². The van der Waals surface area contributed by atoms with Gasteiger partial charge in [0.05, 0.1) is 0 Å². The molecular weight excluding hydrogens is 148 g/mol. The Kier molecular flexibility index (Phi) is 7.11. The quantitative estimate of drug-likeness (QED) is 0.465. The van der Waals surface area contributed by atoms with Crippen LogP contribution in [0.25, 0.3) is 0 Å². The zero-order valence-electron chi connectivity index (χ0n) is 8.42. The van der Waals surface area contributed by atoms with Crippen LogP contribution in [0.4, 0.5) is 0 Å². The molecule has 0 saturated heterocycles. The first-order chi connectivity index (χ1) is 5.72. The summed E-state index contributed by atoms with van der Waals surface area (Å²) in [6.07, 6.45) is 4.28.